The van der Waals surface area contributed by atoms with E-state index in [1.54, 1.807) is 17.5 Å². The third-order valence-electron chi connectivity index (χ3n) is 2.69. The van der Waals surface area contributed by atoms with Crippen molar-refractivity contribution < 1.29 is 4.79 Å². The third kappa shape index (κ3) is 3.78. The van der Waals surface area contributed by atoms with Gasteiger partial charge in [0, 0.05) is 11.6 Å². The second kappa shape index (κ2) is 5.60. The number of hydrogen-bond acceptors (Lipinski definition) is 4. The highest BCUT2D eigenvalue weighted by molar-refractivity contribution is 7.09. The van der Waals surface area contributed by atoms with Crippen LogP contribution in [0.1, 0.15) is 45.2 Å². The topological polar surface area (TPSA) is 68.0 Å². The molecule has 0 saturated carbocycles. The van der Waals surface area contributed by atoms with Crippen LogP contribution in [0.4, 0.5) is 0 Å². The van der Waals surface area contributed by atoms with Crippen molar-refractivity contribution >= 4 is 17.2 Å². The maximum Gasteiger partial charge on any atom is 0.238 e. The van der Waals surface area contributed by atoms with Crippen LogP contribution in [-0.2, 0) is 4.79 Å². The Morgan fingerprint density at radius 1 is 1.59 bits per heavy atom. The number of hydrogen-bond donors (Lipinski definition) is 2. The predicted molar refractivity (Wildman–Crippen MR) is 70.7 cm³/mol. The number of thiazole rings is 1. The lowest BCUT2D eigenvalue weighted by Crippen LogP contribution is -2.49. The molecule has 1 rings (SSSR count). The summed E-state index contributed by atoms with van der Waals surface area (Å²) in [6, 6.07) is -0.535. The first-order valence-electron chi connectivity index (χ1n) is 5.81. The normalized spacial score (nSPS) is 15.4. The molecule has 2 unspecified atom stereocenters. The zero-order valence-corrected chi connectivity index (χ0v) is 11.7. The molecule has 4 nitrogen and oxygen atoms in total. The molecule has 0 bridgehead atoms. The SMILES string of the molecule is CCC(NC(=O)C(N)C(C)(C)C)c1nccs1. The Kier molecular flexibility index (Phi) is 4.65. The molecule has 2 atom stereocenters. The lowest BCUT2D eigenvalue weighted by atomic mass is 9.87. The van der Waals surface area contributed by atoms with Gasteiger partial charge in [-0.15, -0.1) is 11.3 Å². The summed E-state index contributed by atoms with van der Waals surface area (Å²) in [5.41, 5.74) is 5.69. The number of nitrogens with two attached hydrogens (primary N) is 1. The van der Waals surface area contributed by atoms with Crippen LogP contribution in [0.15, 0.2) is 11.6 Å². The molecule has 0 aliphatic rings. The first-order valence-corrected chi connectivity index (χ1v) is 6.69. The Morgan fingerprint density at radius 2 is 2.24 bits per heavy atom. The summed E-state index contributed by atoms with van der Waals surface area (Å²) in [6.07, 6.45) is 2.56. The Labute approximate surface area is 107 Å². The highest BCUT2D eigenvalue weighted by atomic mass is 32.1. The fourth-order valence-electron chi connectivity index (χ4n) is 1.40. The van der Waals surface area contributed by atoms with Crippen LogP contribution in [0.2, 0.25) is 0 Å². The van der Waals surface area contributed by atoms with Gasteiger partial charge in [-0.3, -0.25) is 4.79 Å². The van der Waals surface area contributed by atoms with Crippen molar-refractivity contribution in [2.45, 2.75) is 46.2 Å². The maximum atomic E-state index is 12.0. The standard InChI is InChI=1S/C12H21N3OS/c1-5-8(11-14-6-7-17-11)15-10(16)9(13)12(2,3)4/h6-9H,5,13H2,1-4H3,(H,15,16). The summed E-state index contributed by atoms with van der Waals surface area (Å²) >= 11 is 1.55. The number of rotatable bonds is 4. The molecule has 1 aromatic rings. The molecule has 1 amide bonds. The van der Waals surface area contributed by atoms with E-state index in [2.05, 4.69) is 10.3 Å². The fraction of sp³-hybridized carbons (Fsp3) is 0.667. The van der Waals surface area contributed by atoms with Crippen molar-refractivity contribution in [1.82, 2.24) is 10.3 Å². The number of carbonyl (C=O) groups is 1. The van der Waals surface area contributed by atoms with Gasteiger partial charge < -0.3 is 11.1 Å². The highest BCUT2D eigenvalue weighted by Gasteiger charge is 2.29. The second-order valence-corrected chi connectivity index (χ2v) is 6.11. The van der Waals surface area contributed by atoms with Gasteiger partial charge in [-0.2, -0.15) is 0 Å². The molecule has 0 saturated heterocycles. The van der Waals surface area contributed by atoms with Crippen LogP contribution >= 0.6 is 11.3 Å². The van der Waals surface area contributed by atoms with Gasteiger partial charge in [0.25, 0.3) is 0 Å². The van der Waals surface area contributed by atoms with E-state index in [4.69, 9.17) is 5.73 Å². The molecular formula is C12H21N3OS. The van der Waals surface area contributed by atoms with E-state index < -0.39 is 6.04 Å². The quantitative estimate of drug-likeness (QED) is 0.865. The van der Waals surface area contributed by atoms with Crippen LogP contribution in [0.3, 0.4) is 0 Å². The Hall–Kier alpha value is -0.940. The molecule has 96 valence electrons. The summed E-state index contributed by atoms with van der Waals surface area (Å²) in [7, 11) is 0. The largest absolute Gasteiger partial charge is 0.346 e. The minimum Gasteiger partial charge on any atom is -0.346 e. The first-order chi connectivity index (χ1) is 7.86. The van der Waals surface area contributed by atoms with Crippen LogP contribution in [0, 0.1) is 5.41 Å². The molecule has 1 aromatic heterocycles. The van der Waals surface area contributed by atoms with E-state index in [0.29, 0.717) is 0 Å². The number of aromatic nitrogens is 1. The second-order valence-electron chi connectivity index (χ2n) is 5.18. The summed E-state index contributed by atoms with van der Waals surface area (Å²) < 4.78 is 0. The van der Waals surface area contributed by atoms with Gasteiger partial charge in [0.05, 0.1) is 12.1 Å². The molecule has 3 N–H and O–H groups in total. The van der Waals surface area contributed by atoms with Gasteiger partial charge in [0.1, 0.15) is 5.01 Å². The average Bonchev–Trinajstić information content (AvgIpc) is 2.76. The van der Waals surface area contributed by atoms with E-state index in [-0.39, 0.29) is 17.4 Å². The summed E-state index contributed by atoms with van der Waals surface area (Å²) in [5, 5.41) is 5.80. The third-order valence-corrected chi connectivity index (χ3v) is 3.58. The predicted octanol–water partition coefficient (Wildman–Crippen LogP) is 2.08. The van der Waals surface area contributed by atoms with E-state index in [0.717, 1.165) is 11.4 Å². The monoisotopic (exact) mass is 255 g/mol. The lowest BCUT2D eigenvalue weighted by molar-refractivity contribution is -0.125. The summed E-state index contributed by atoms with van der Waals surface area (Å²) in [4.78, 5) is 16.2. The zero-order valence-electron chi connectivity index (χ0n) is 10.9. The molecule has 1 heterocycles. The van der Waals surface area contributed by atoms with Crippen molar-refractivity contribution in [3.63, 3.8) is 0 Å². The first kappa shape index (κ1) is 14.1. The molecule has 0 spiro atoms. The number of amides is 1. The van der Waals surface area contributed by atoms with Gasteiger partial charge >= 0.3 is 0 Å². The minimum atomic E-state index is -0.503. The molecule has 0 aliphatic heterocycles. The van der Waals surface area contributed by atoms with Crippen LogP contribution < -0.4 is 11.1 Å². The summed E-state index contributed by atoms with van der Waals surface area (Å²) in [6.45, 7) is 7.90. The molecule has 5 heteroatoms. The molecule has 0 aliphatic carbocycles. The van der Waals surface area contributed by atoms with Gasteiger partial charge in [-0.25, -0.2) is 4.98 Å². The van der Waals surface area contributed by atoms with Crippen LogP contribution in [0.5, 0.6) is 0 Å². The average molecular weight is 255 g/mol. The van der Waals surface area contributed by atoms with E-state index in [1.165, 1.54) is 0 Å². The fourth-order valence-corrected chi connectivity index (χ4v) is 2.17. The Bertz CT molecular complexity index is 356. The number of nitrogens with one attached hydrogen (secondary N) is 1. The molecule has 0 radical (unpaired) electrons. The van der Waals surface area contributed by atoms with Crippen molar-refractivity contribution in [2.75, 3.05) is 0 Å². The van der Waals surface area contributed by atoms with Gasteiger partial charge in [-0.1, -0.05) is 27.7 Å². The molecule has 0 aromatic carbocycles. The van der Waals surface area contributed by atoms with Crippen molar-refractivity contribution in [3.05, 3.63) is 16.6 Å². The van der Waals surface area contributed by atoms with Crippen molar-refractivity contribution in [3.8, 4) is 0 Å². The maximum absolute atomic E-state index is 12.0. The zero-order chi connectivity index (χ0) is 13.1. The minimum absolute atomic E-state index is 0.0316. The number of carbonyl (C=O) groups excluding carboxylic acids is 1. The molecular weight excluding hydrogens is 234 g/mol. The lowest BCUT2D eigenvalue weighted by Gasteiger charge is -2.27. The van der Waals surface area contributed by atoms with Crippen molar-refractivity contribution in [2.24, 2.45) is 11.1 Å². The molecule has 0 fully saturated rings. The van der Waals surface area contributed by atoms with Crippen molar-refractivity contribution in [1.29, 1.82) is 0 Å². The smallest absolute Gasteiger partial charge is 0.238 e. The van der Waals surface area contributed by atoms with Gasteiger partial charge in [0.15, 0.2) is 0 Å². The van der Waals surface area contributed by atoms with Gasteiger partial charge in [0.2, 0.25) is 5.91 Å². The Balaban J connectivity index is 2.67. The summed E-state index contributed by atoms with van der Waals surface area (Å²) in [5.74, 6) is -0.112. The van der Waals surface area contributed by atoms with E-state index in [1.807, 2.05) is 33.1 Å². The number of nitrogens with zero attached hydrogens (tertiary/aromatic N) is 1. The van der Waals surface area contributed by atoms with Gasteiger partial charge in [-0.05, 0) is 11.8 Å². The Morgan fingerprint density at radius 3 is 2.65 bits per heavy atom. The molecule has 17 heavy (non-hydrogen) atoms. The van der Waals surface area contributed by atoms with Crippen LogP contribution in [0.25, 0.3) is 0 Å². The van der Waals surface area contributed by atoms with E-state index in [9.17, 15) is 4.79 Å². The van der Waals surface area contributed by atoms with Crippen LogP contribution in [-0.4, -0.2) is 16.9 Å². The van der Waals surface area contributed by atoms with E-state index >= 15 is 0 Å². The highest BCUT2D eigenvalue weighted by Crippen LogP contribution is 2.21.